The lowest BCUT2D eigenvalue weighted by molar-refractivity contribution is 0.0371. The SMILES string of the molecule is Cc1cc(C)n(-c2ccc(CCCCCC(c3nncn3Cc3ccccc3)N3CCN(C4CCC4)CC3)cc2)n1. The molecule has 3 heterocycles. The fraction of sp³-hybridized carbons (Fsp3) is 0.500. The Morgan fingerprint density at radius 2 is 1.63 bits per heavy atom. The Morgan fingerprint density at radius 1 is 0.854 bits per heavy atom. The van der Waals surface area contributed by atoms with Crippen molar-refractivity contribution in [1.82, 2.24) is 34.3 Å². The largest absolute Gasteiger partial charge is 0.312 e. The first-order valence-corrected chi connectivity index (χ1v) is 15.7. The second-order valence-electron chi connectivity index (χ2n) is 12.1. The van der Waals surface area contributed by atoms with Crippen molar-refractivity contribution in [2.24, 2.45) is 0 Å². The van der Waals surface area contributed by atoms with Crippen LogP contribution in [0.2, 0.25) is 0 Å². The topological polar surface area (TPSA) is 55.0 Å². The van der Waals surface area contributed by atoms with E-state index in [1.54, 1.807) is 0 Å². The maximum Gasteiger partial charge on any atom is 0.150 e. The summed E-state index contributed by atoms with van der Waals surface area (Å²) >= 11 is 0. The molecule has 1 atom stereocenters. The molecule has 1 saturated carbocycles. The van der Waals surface area contributed by atoms with Gasteiger partial charge in [0.25, 0.3) is 0 Å². The van der Waals surface area contributed by atoms with Crippen LogP contribution in [0.3, 0.4) is 0 Å². The van der Waals surface area contributed by atoms with Crippen LogP contribution in [-0.4, -0.2) is 66.6 Å². The van der Waals surface area contributed by atoms with Gasteiger partial charge >= 0.3 is 0 Å². The molecule has 41 heavy (non-hydrogen) atoms. The zero-order valence-corrected chi connectivity index (χ0v) is 24.8. The Hall–Kier alpha value is -3.29. The van der Waals surface area contributed by atoms with Gasteiger partial charge in [-0.25, -0.2) is 4.68 Å². The van der Waals surface area contributed by atoms with E-state index in [1.165, 1.54) is 68.4 Å². The Morgan fingerprint density at radius 3 is 2.32 bits per heavy atom. The first-order valence-electron chi connectivity index (χ1n) is 15.7. The third-order valence-corrected chi connectivity index (χ3v) is 9.15. The second-order valence-corrected chi connectivity index (χ2v) is 12.1. The van der Waals surface area contributed by atoms with Crippen molar-refractivity contribution in [1.29, 1.82) is 0 Å². The van der Waals surface area contributed by atoms with Crippen molar-refractivity contribution >= 4 is 0 Å². The van der Waals surface area contributed by atoms with Crippen molar-refractivity contribution in [3.8, 4) is 5.69 Å². The summed E-state index contributed by atoms with van der Waals surface area (Å²) in [5.74, 6) is 1.13. The van der Waals surface area contributed by atoms with Crippen LogP contribution in [-0.2, 0) is 13.0 Å². The molecule has 2 aliphatic rings. The molecule has 1 unspecified atom stereocenters. The number of aryl methyl sites for hydroxylation is 3. The highest BCUT2D eigenvalue weighted by molar-refractivity contribution is 5.36. The molecule has 4 aromatic rings. The van der Waals surface area contributed by atoms with Gasteiger partial charge in [0.15, 0.2) is 5.82 Å². The third-order valence-electron chi connectivity index (χ3n) is 9.15. The van der Waals surface area contributed by atoms with E-state index in [0.717, 1.165) is 55.7 Å². The van der Waals surface area contributed by atoms with Gasteiger partial charge in [-0.1, -0.05) is 61.7 Å². The molecule has 0 spiro atoms. The van der Waals surface area contributed by atoms with Crippen LogP contribution in [0.25, 0.3) is 5.69 Å². The van der Waals surface area contributed by atoms with Gasteiger partial charge < -0.3 is 4.57 Å². The van der Waals surface area contributed by atoms with Gasteiger partial charge in [0.05, 0.1) is 24.0 Å². The van der Waals surface area contributed by atoms with E-state index in [9.17, 15) is 0 Å². The minimum atomic E-state index is 0.324. The molecule has 7 nitrogen and oxygen atoms in total. The second kappa shape index (κ2) is 13.1. The quantitative estimate of drug-likeness (QED) is 0.198. The molecule has 216 valence electrons. The lowest BCUT2D eigenvalue weighted by Crippen LogP contribution is -2.53. The molecule has 1 aliphatic carbocycles. The molecule has 2 aromatic heterocycles. The lowest BCUT2D eigenvalue weighted by atomic mass is 9.91. The van der Waals surface area contributed by atoms with E-state index >= 15 is 0 Å². The summed E-state index contributed by atoms with van der Waals surface area (Å²) in [5.41, 5.74) is 6.07. The minimum Gasteiger partial charge on any atom is -0.312 e. The number of rotatable bonds is 12. The number of piperazine rings is 1. The molecular weight excluding hydrogens is 506 g/mol. The molecule has 0 radical (unpaired) electrons. The monoisotopic (exact) mass is 551 g/mol. The smallest absolute Gasteiger partial charge is 0.150 e. The molecule has 7 heteroatoms. The van der Waals surface area contributed by atoms with Crippen molar-refractivity contribution in [2.45, 2.75) is 83.8 Å². The van der Waals surface area contributed by atoms with Crippen LogP contribution in [0.4, 0.5) is 0 Å². The summed E-state index contributed by atoms with van der Waals surface area (Å²) in [7, 11) is 0. The van der Waals surface area contributed by atoms with Gasteiger partial charge in [-0.15, -0.1) is 10.2 Å². The number of unbranched alkanes of at least 4 members (excludes halogenated alkanes) is 2. The molecule has 6 rings (SSSR count). The molecule has 0 bridgehead atoms. The average Bonchev–Trinajstić information content (AvgIpc) is 3.56. The molecule has 1 saturated heterocycles. The molecule has 0 N–H and O–H groups in total. The predicted molar refractivity (Wildman–Crippen MR) is 164 cm³/mol. The maximum absolute atomic E-state index is 4.71. The van der Waals surface area contributed by atoms with Crippen LogP contribution in [0.1, 0.15) is 79.3 Å². The Labute approximate surface area is 245 Å². The van der Waals surface area contributed by atoms with Gasteiger partial charge in [0.1, 0.15) is 6.33 Å². The summed E-state index contributed by atoms with van der Waals surface area (Å²) in [6, 6.07) is 22.9. The summed E-state index contributed by atoms with van der Waals surface area (Å²) in [4.78, 5) is 5.42. The Balaban J connectivity index is 1.06. The fourth-order valence-electron chi connectivity index (χ4n) is 6.60. The Bertz CT molecular complexity index is 1360. The fourth-order valence-corrected chi connectivity index (χ4v) is 6.60. The zero-order chi connectivity index (χ0) is 28.0. The normalized spacial score (nSPS) is 17.5. The average molecular weight is 552 g/mol. The van der Waals surface area contributed by atoms with E-state index < -0.39 is 0 Å². The number of benzene rings is 2. The van der Waals surface area contributed by atoms with Gasteiger partial charge in [-0.3, -0.25) is 9.80 Å². The van der Waals surface area contributed by atoms with Crippen LogP contribution < -0.4 is 0 Å². The summed E-state index contributed by atoms with van der Waals surface area (Å²) in [6.07, 6.45) is 12.0. The van der Waals surface area contributed by atoms with Crippen molar-refractivity contribution in [3.63, 3.8) is 0 Å². The van der Waals surface area contributed by atoms with E-state index in [0.29, 0.717) is 6.04 Å². The van der Waals surface area contributed by atoms with Gasteiger partial charge in [-0.2, -0.15) is 5.10 Å². The van der Waals surface area contributed by atoms with E-state index in [2.05, 4.69) is 92.2 Å². The number of nitrogens with zero attached hydrogens (tertiary/aromatic N) is 7. The molecular formula is C34H45N7. The van der Waals surface area contributed by atoms with E-state index in [1.807, 2.05) is 17.9 Å². The van der Waals surface area contributed by atoms with Crippen molar-refractivity contribution in [3.05, 3.63) is 95.3 Å². The molecule has 0 amide bonds. The van der Waals surface area contributed by atoms with E-state index in [-0.39, 0.29) is 0 Å². The number of hydrogen-bond acceptors (Lipinski definition) is 5. The van der Waals surface area contributed by atoms with Crippen LogP contribution in [0, 0.1) is 13.8 Å². The van der Waals surface area contributed by atoms with Crippen LogP contribution in [0.15, 0.2) is 67.0 Å². The van der Waals surface area contributed by atoms with Gasteiger partial charge in [0.2, 0.25) is 0 Å². The zero-order valence-electron chi connectivity index (χ0n) is 24.8. The first-order chi connectivity index (χ1) is 20.1. The molecule has 1 aliphatic heterocycles. The molecule has 2 fully saturated rings. The third kappa shape index (κ3) is 6.79. The van der Waals surface area contributed by atoms with Crippen LogP contribution in [0.5, 0.6) is 0 Å². The predicted octanol–water partition coefficient (Wildman–Crippen LogP) is 6.14. The summed E-state index contributed by atoms with van der Waals surface area (Å²) in [6.45, 7) is 9.60. The lowest BCUT2D eigenvalue weighted by Gasteiger charge is -2.44. The highest BCUT2D eigenvalue weighted by Crippen LogP contribution is 2.30. The molecule has 2 aromatic carbocycles. The Kier molecular flexibility index (Phi) is 8.92. The van der Waals surface area contributed by atoms with Crippen molar-refractivity contribution in [2.75, 3.05) is 26.2 Å². The maximum atomic E-state index is 4.71. The minimum absolute atomic E-state index is 0.324. The van der Waals surface area contributed by atoms with Crippen LogP contribution >= 0.6 is 0 Å². The first kappa shape index (κ1) is 27.9. The van der Waals surface area contributed by atoms with E-state index in [4.69, 9.17) is 5.10 Å². The van der Waals surface area contributed by atoms with Crippen molar-refractivity contribution < 1.29 is 0 Å². The highest BCUT2D eigenvalue weighted by Gasteiger charge is 2.32. The van der Waals surface area contributed by atoms with Gasteiger partial charge in [0, 0.05) is 37.9 Å². The summed E-state index contributed by atoms with van der Waals surface area (Å²) in [5, 5.41) is 13.7. The standard InChI is InChI=1S/C34H45N7/c1-27-24-28(2)41(37-27)32-18-16-29(17-19-32)10-5-4-8-15-33(39-22-20-38(21-23-39)31-13-9-14-31)34-36-35-26-40(34)25-30-11-6-3-7-12-30/h3,6-7,11-12,16-19,24,26,31,33H,4-5,8-10,13-15,20-23,25H2,1-2H3. The summed E-state index contributed by atoms with van der Waals surface area (Å²) < 4.78 is 4.31. The highest BCUT2D eigenvalue weighted by atomic mass is 15.3. The van der Waals surface area contributed by atoms with Gasteiger partial charge in [-0.05, 0) is 75.3 Å². The number of aromatic nitrogens is 5. The number of hydrogen-bond donors (Lipinski definition) is 0.